The molecule has 0 aliphatic rings. The lowest BCUT2D eigenvalue weighted by molar-refractivity contribution is -0.139. The second kappa shape index (κ2) is 12.4. The highest BCUT2D eigenvalue weighted by Gasteiger charge is 2.33. The first-order valence-electron chi connectivity index (χ1n) is 10.9. The summed E-state index contributed by atoms with van der Waals surface area (Å²) >= 11 is 24.7. The molecule has 0 heterocycles. The van der Waals surface area contributed by atoms with Crippen molar-refractivity contribution in [3.63, 3.8) is 0 Å². The third-order valence-corrected chi connectivity index (χ3v) is 8.46. The summed E-state index contributed by atoms with van der Waals surface area (Å²) in [6.07, 6.45) is 0. The minimum atomic E-state index is -4.24. The third kappa shape index (κ3) is 6.89. The normalized spacial score (nSPS) is 12.1. The molecule has 3 rings (SSSR count). The Labute approximate surface area is 235 Å². The van der Waals surface area contributed by atoms with E-state index in [2.05, 4.69) is 5.32 Å². The zero-order valence-electron chi connectivity index (χ0n) is 19.8. The van der Waals surface area contributed by atoms with Gasteiger partial charge in [0, 0.05) is 28.7 Å². The quantitative estimate of drug-likeness (QED) is 0.342. The maximum absolute atomic E-state index is 13.7. The number of likely N-dealkylation sites (N-methyl/N-ethyl adjacent to an activating group) is 1. The molecule has 0 aliphatic heterocycles. The minimum Gasteiger partial charge on any atom is -0.357 e. The molecule has 0 unspecified atom stereocenters. The summed E-state index contributed by atoms with van der Waals surface area (Å²) in [5.41, 5.74) is 0.581. The Morgan fingerprint density at radius 3 is 2.05 bits per heavy atom. The number of halogens is 4. The van der Waals surface area contributed by atoms with Crippen LogP contribution in [0.5, 0.6) is 0 Å². The average molecular weight is 603 g/mol. The summed E-state index contributed by atoms with van der Waals surface area (Å²) in [5, 5.41) is 3.54. The van der Waals surface area contributed by atoms with Gasteiger partial charge >= 0.3 is 0 Å². The maximum Gasteiger partial charge on any atom is 0.264 e. The molecule has 0 saturated carbocycles. The van der Waals surface area contributed by atoms with Gasteiger partial charge in [0.2, 0.25) is 11.8 Å². The van der Waals surface area contributed by atoms with E-state index >= 15 is 0 Å². The molecule has 0 spiro atoms. The van der Waals surface area contributed by atoms with E-state index in [1.165, 1.54) is 55.3 Å². The summed E-state index contributed by atoms with van der Waals surface area (Å²) < 4.78 is 28.3. The molecule has 1 atom stereocenters. The van der Waals surface area contributed by atoms with Crippen LogP contribution in [0.25, 0.3) is 0 Å². The predicted molar refractivity (Wildman–Crippen MR) is 148 cm³/mol. The fraction of sp³-hybridized carbons (Fsp3) is 0.200. The maximum atomic E-state index is 13.7. The number of sulfonamides is 1. The Bertz CT molecular complexity index is 1400. The van der Waals surface area contributed by atoms with Crippen LogP contribution in [0.1, 0.15) is 12.5 Å². The summed E-state index contributed by atoms with van der Waals surface area (Å²) in [6, 6.07) is 15.7. The molecule has 0 aliphatic carbocycles. The summed E-state index contributed by atoms with van der Waals surface area (Å²) in [6.45, 7) is 0.813. The van der Waals surface area contributed by atoms with E-state index in [1.54, 1.807) is 30.3 Å². The van der Waals surface area contributed by atoms with Crippen LogP contribution in [0.15, 0.2) is 71.6 Å². The number of benzene rings is 3. The van der Waals surface area contributed by atoms with Crippen molar-refractivity contribution in [3.05, 3.63) is 92.4 Å². The van der Waals surface area contributed by atoms with Crippen LogP contribution in [0.3, 0.4) is 0 Å². The van der Waals surface area contributed by atoms with E-state index < -0.39 is 34.4 Å². The van der Waals surface area contributed by atoms with Gasteiger partial charge in [0.15, 0.2) is 0 Å². The number of rotatable bonds is 9. The standard InChI is InChI=1S/C25H23Cl4N3O4S/c1-16(25(34)30-2)31(14-17-8-9-18(26)12-21(17)28)24(33)15-32(23-11-10-19(27)13-22(23)29)37(35,36)20-6-4-3-5-7-20/h3-13,16H,14-15H2,1-2H3,(H,30,34)/t16-/m0/s1. The number of hydrogen-bond acceptors (Lipinski definition) is 4. The predicted octanol–water partition coefficient (Wildman–Crippen LogP) is 5.66. The molecule has 1 N–H and O–H groups in total. The van der Waals surface area contributed by atoms with E-state index in [1.807, 2.05) is 0 Å². The van der Waals surface area contributed by atoms with Gasteiger partial charge in [0.25, 0.3) is 10.0 Å². The number of amides is 2. The molecule has 2 amide bonds. The Balaban J connectivity index is 2.07. The highest BCUT2D eigenvalue weighted by molar-refractivity contribution is 7.92. The smallest absolute Gasteiger partial charge is 0.264 e. The molecule has 3 aromatic carbocycles. The van der Waals surface area contributed by atoms with Gasteiger partial charge in [-0.3, -0.25) is 13.9 Å². The molecule has 0 aromatic heterocycles. The topological polar surface area (TPSA) is 86.8 Å². The van der Waals surface area contributed by atoms with Gasteiger partial charge in [0.1, 0.15) is 12.6 Å². The Kier molecular flexibility index (Phi) is 9.72. The second-order valence-electron chi connectivity index (χ2n) is 7.97. The average Bonchev–Trinajstić information content (AvgIpc) is 2.86. The van der Waals surface area contributed by atoms with Crippen molar-refractivity contribution in [3.8, 4) is 0 Å². The van der Waals surface area contributed by atoms with Crippen molar-refractivity contribution < 1.29 is 18.0 Å². The van der Waals surface area contributed by atoms with Gasteiger partial charge in [-0.05, 0) is 55.0 Å². The first-order chi connectivity index (χ1) is 17.4. The number of nitrogens with zero attached hydrogens (tertiary/aromatic N) is 2. The molecule has 7 nitrogen and oxygen atoms in total. The highest BCUT2D eigenvalue weighted by atomic mass is 35.5. The number of hydrogen-bond donors (Lipinski definition) is 1. The highest BCUT2D eigenvalue weighted by Crippen LogP contribution is 2.33. The molecule has 37 heavy (non-hydrogen) atoms. The molecule has 0 saturated heterocycles. The van der Waals surface area contributed by atoms with Gasteiger partial charge in [0.05, 0.1) is 15.6 Å². The number of carbonyl (C=O) groups excluding carboxylic acids is 2. The van der Waals surface area contributed by atoms with Crippen molar-refractivity contribution in [1.29, 1.82) is 0 Å². The lowest BCUT2D eigenvalue weighted by Crippen LogP contribution is -2.50. The van der Waals surface area contributed by atoms with Crippen LogP contribution >= 0.6 is 46.4 Å². The van der Waals surface area contributed by atoms with E-state index in [0.29, 0.717) is 20.6 Å². The lowest BCUT2D eigenvalue weighted by atomic mass is 10.1. The van der Waals surface area contributed by atoms with Crippen molar-refractivity contribution in [2.75, 3.05) is 17.9 Å². The molecule has 196 valence electrons. The molecule has 0 radical (unpaired) electrons. The molecular formula is C25H23Cl4N3O4S. The summed E-state index contributed by atoms with van der Waals surface area (Å²) in [7, 11) is -2.80. The number of anilines is 1. The zero-order chi connectivity index (χ0) is 27.3. The first-order valence-corrected chi connectivity index (χ1v) is 13.9. The van der Waals surface area contributed by atoms with Gasteiger partial charge < -0.3 is 10.2 Å². The van der Waals surface area contributed by atoms with Crippen molar-refractivity contribution in [2.45, 2.75) is 24.4 Å². The zero-order valence-corrected chi connectivity index (χ0v) is 23.6. The molecular weight excluding hydrogens is 580 g/mol. The van der Waals surface area contributed by atoms with Gasteiger partial charge in [-0.1, -0.05) is 70.7 Å². The molecule has 0 bridgehead atoms. The van der Waals surface area contributed by atoms with Gasteiger partial charge in [-0.25, -0.2) is 8.42 Å². The Hall–Kier alpha value is -2.49. The summed E-state index contributed by atoms with van der Waals surface area (Å²) in [5.74, 6) is -1.10. The number of nitrogens with one attached hydrogen (secondary N) is 1. The van der Waals surface area contributed by atoms with Crippen LogP contribution in [0.2, 0.25) is 20.1 Å². The van der Waals surface area contributed by atoms with Crippen molar-refractivity contribution >= 4 is 73.9 Å². The van der Waals surface area contributed by atoms with Crippen LogP contribution < -0.4 is 9.62 Å². The monoisotopic (exact) mass is 601 g/mol. The SMILES string of the molecule is CNC(=O)[C@H](C)N(Cc1ccc(Cl)cc1Cl)C(=O)CN(c1ccc(Cl)cc1Cl)S(=O)(=O)c1ccccc1. The van der Waals surface area contributed by atoms with Crippen molar-refractivity contribution in [1.82, 2.24) is 10.2 Å². The largest absolute Gasteiger partial charge is 0.357 e. The van der Waals surface area contributed by atoms with Crippen LogP contribution in [0.4, 0.5) is 5.69 Å². The molecule has 0 fully saturated rings. The van der Waals surface area contributed by atoms with Crippen LogP contribution in [-0.4, -0.2) is 44.8 Å². The van der Waals surface area contributed by atoms with E-state index in [-0.39, 0.29) is 22.2 Å². The van der Waals surface area contributed by atoms with Crippen molar-refractivity contribution in [2.24, 2.45) is 0 Å². The third-order valence-electron chi connectivity index (χ3n) is 5.56. The Morgan fingerprint density at radius 1 is 0.892 bits per heavy atom. The van der Waals surface area contributed by atoms with E-state index in [9.17, 15) is 18.0 Å². The second-order valence-corrected chi connectivity index (χ2v) is 11.5. The van der Waals surface area contributed by atoms with E-state index in [4.69, 9.17) is 46.4 Å². The van der Waals surface area contributed by atoms with Crippen LogP contribution in [-0.2, 0) is 26.2 Å². The molecule has 3 aromatic rings. The fourth-order valence-corrected chi connectivity index (χ4v) is 6.02. The summed E-state index contributed by atoms with van der Waals surface area (Å²) in [4.78, 5) is 27.5. The lowest BCUT2D eigenvalue weighted by Gasteiger charge is -2.32. The van der Waals surface area contributed by atoms with Gasteiger partial charge in [-0.2, -0.15) is 0 Å². The Morgan fingerprint density at radius 2 is 1.49 bits per heavy atom. The first kappa shape index (κ1) is 29.1. The van der Waals surface area contributed by atoms with Crippen LogP contribution in [0, 0.1) is 0 Å². The fourth-order valence-electron chi connectivity index (χ4n) is 3.54. The number of carbonyl (C=O) groups is 2. The van der Waals surface area contributed by atoms with Gasteiger partial charge in [-0.15, -0.1) is 0 Å². The van der Waals surface area contributed by atoms with E-state index in [0.717, 1.165) is 4.31 Å². The minimum absolute atomic E-state index is 0.0338. The molecule has 12 heteroatoms.